The highest BCUT2D eigenvalue weighted by Gasteiger charge is 2.09. The Morgan fingerprint density at radius 3 is 2.62 bits per heavy atom. The molecule has 0 aliphatic rings. The van der Waals surface area contributed by atoms with E-state index in [0.29, 0.717) is 13.1 Å². The van der Waals surface area contributed by atoms with Crippen molar-refractivity contribution in [2.45, 2.75) is 26.2 Å². The highest BCUT2D eigenvalue weighted by molar-refractivity contribution is 5.77. The maximum Gasteiger partial charge on any atom is 0.234 e. The van der Waals surface area contributed by atoms with Crippen LogP contribution in [-0.4, -0.2) is 42.6 Å². The zero-order valence-corrected chi connectivity index (χ0v) is 17.2. The molecule has 1 aromatic heterocycles. The quantitative estimate of drug-likeness (QED) is 0.570. The summed E-state index contributed by atoms with van der Waals surface area (Å²) in [5.74, 6) is 0.937. The molecule has 5 nitrogen and oxygen atoms in total. The number of hydrogen-bond donors (Lipinski definition) is 1. The van der Waals surface area contributed by atoms with Gasteiger partial charge in [-0.15, -0.1) is 0 Å². The minimum atomic E-state index is 0.0621. The second kappa shape index (κ2) is 10.6. The molecule has 0 aliphatic carbocycles. The van der Waals surface area contributed by atoms with Crippen LogP contribution in [0.3, 0.4) is 0 Å². The van der Waals surface area contributed by atoms with Crippen molar-refractivity contribution in [1.82, 2.24) is 15.4 Å². The molecule has 1 heterocycles. The van der Waals surface area contributed by atoms with Crippen molar-refractivity contribution in [1.29, 1.82) is 0 Å². The van der Waals surface area contributed by atoms with E-state index in [2.05, 4.69) is 29.5 Å². The van der Waals surface area contributed by atoms with Crippen LogP contribution in [0.15, 0.2) is 65.2 Å². The molecule has 2 aromatic carbocycles. The average molecular weight is 392 g/mol. The van der Waals surface area contributed by atoms with Gasteiger partial charge in [0.25, 0.3) is 0 Å². The lowest BCUT2D eigenvalue weighted by atomic mass is 10.1. The van der Waals surface area contributed by atoms with Gasteiger partial charge in [0.2, 0.25) is 5.91 Å². The van der Waals surface area contributed by atoms with Gasteiger partial charge in [-0.2, -0.15) is 0 Å². The summed E-state index contributed by atoms with van der Waals surface area (Å²) in [4.78, 5) is 14.2. The Morgan fingerprint density at radius 2 is 1.83 bits per heavy atom. The van der Waals surface area contributed by atoms with Crippen LogP contribution in [0.25, 0.3) is 11.3 Å². The average Bonchev–Trinajstić information content (AvgIpc) is 3.19. The molecule has 29 heavy (non-hydrogen) atoms. The molecule has 1 amide bonds. The van der Waals surface area contributed by atoms with E-state index in [-0.39, 0.29) is 5.91 Å². The first-order valence-electron chi connectivity index (χ1n) is 10.1. The molecule has 0 aliphatic heterocycles. The fourth-order valence-corrected chi connectivity index (χ4v) is 3.31. The molecule has 0 radical (unpaired) electrons. The summed E-state index contributed by atoms with van der Waals surface area (Å²) < 4.78 is 5.44. The van der Waals surface area contributed by atoms with Crippen molar-refractivity contribution < 1.29 is 9.32 Å². The van der Waals surface area contributed by atoms with Crippen LogP contribution in [0.2, 0.25) is 0 Å². The first-order chi connectivity index (χ1) is 14.1. The Bertz CT molecular complexity index is 905. The zero-order valence-electron chi connectivity index (χ0n) is 17.2. The fraction of sp³-hybridized carbons (Fsp3) is 0.333. The number of nitrogens with one attached hydrogen (secondary N) is 1. The van der Waals surface area contributed by atoms with E-state index >= 15 is 0 Å². The molecule has 152 valence electrons. The van der Waals surface area contributed by atoms with Crippen molar-refractivity contribution in [3.8, 4) is 11.3 Å². The van der Waals surface area contributed by atoms with Gasteiger partial charge in [-0.1, -0.05) is 59.8 Å². The van der Waals surface area contributed by atoms with E-state index in [1.54, 1.807) is 0 Å². The third-order valence-corrected chi connectivity index (χ3v) is 4.98. The lowest BCUT2D eigenvalue weighted by Gasteiger charge is -2.16. The summed E-state index contributed by atoms with van der Waals surface area (Å²) in [7, 11) is 1.97. The second-order valence-corrected chi connectivity index (χ2v) is 7.41. The third-order valence-electron chi connectivity index (χ3n) is 4.98. The van der Waals surface area contributed by atoms with E-state index in [0.717, 1.165) is 42.8 Å². The van der Waals surface area contributed by atoms with E-state index in [9.17, 15) is 4.79 Å². The number of carbonyl (C=O) groups is 1. The van der Waals surface area contributed by atoms with E-state index in [4.69, 9.17) is 4.52 Å². The molecule has 0 atom stereocenters. The summed E-state index contributed by atoms with van der Waals surface area (Å²) >= 11 is 0. The summed E-state index contributed by atoms with van der Waals surface area (Å²) in [5, 5.41) is 7.15. The topological polar surface area (TPSA) is 58.4 Å². The molecular weight excluding hydrogens is 362 g/mol. The highest BCUT2D eigenvalue weighted by atomic mass is 16.5. The lowest BCUT2D eigenvalue weighted by molar-refractivity contribution is -0.121. The number of hydrogen-bond acceptors (Lipinski definition) is 4. The molecule has 0 saturated heterocycles. The Balaban J connectivity index is 1.33. The number of rotatable bonds is 10. The molecule has 3 aromatic rings. The molecule has 0 fully saturated rings. The van der Waals surface area contributed by atoms with Crippen LogP contribution < -0.4 is 5.32 Å². The lowest BCUT2D eigenvalue weighted by Crippen LogP contribution is -2.36. The minimum absolute atomic E-state index is 0.0621. The van der Waals surface area contributed by atoms with Gasteiger partial charge >= 0.3 is 0 Å². The summed E-state index contributed by atoms with van der Waals surface area (Å²) in [6, 6.07) is 20.3. The van der Waals surface area contributed by atoms with Crippen LogP contribution in [0.1, 0.15) is 23.3 Å². The first kappa shape index (κ1) is 20.8. The molecule has 0 bridgehead atoms. The number of benzene rings is 2. The molecule has 0 unspecified atom stereocenters. The van der Waals surface area contributed by atoms with Gasteiger partial charge in [0.05, 0.1) is 6.54 Å². The van der Waals surface area contributed by atoms with Crippen molar-refractivity contribution in [3.63, 3.8) is 0 Å². The van der Waals surface area contributed by atoms with Crippen LogP contribution in [0, 0.1) is 6.92 Å². The molecular formula is C24H29N3O2. The SMILES string of the molecule is Cc1ccccc1CCNC(=O)CN(C)CCCc1cc(-c2ccccc2)no1. The standard InChI is InChI=1S/C24H29N3O2/c1-19-9-6-7-10-20(19)14-15-25-24(28)18-27(2)16-8-13-22-17-23(26-29-22)21-11-4-3-5-12-21/h3-7,9-12,17H,8,13-16,18H2,1-2H3,(H,25,28). The van der Waals surface area contributed by atoms with Crippen molar-refractivity contribution in [2.24, 2.45) is 0 Å². The minimum Gasteiger partial charge on any atom is -0.361 e. The maximum absolute atomic E-state index is 12.1. The van der Waals surface area contributed by atoms with Gasteiger partial charge in [-0.3, -0.25) is 9.69 Å². The monoisotopic (exact) mass is 391 g/mol. The number of amides is 1. The smallest absolute Gasteiger partial charge is 0.234 e. The van der Waals surface area contributed by atoms with Crippen molar-refractivity contribution >= 4 is 5.91 Å². The highest BCUT2D eigenvalue weighted by Crippen LogP contribution is 2.19. The zero-order chi connectivity index (χ0) is 20.5. The number of carbonyl (C=O) groups excluding carboxylic acids is 1. The van der Waals surface area contributed by atoms with Gasteiger partial charge in [-0.25, -0.2) is 0 Å². The van der Waals surface area contributed by atoms with Gasteiger partial charge in [0.15, 0.2) is 0 Å². The number of aryl methyl sites for hydroxylation is 2. The fourth-order valence-electron chi connectivity index (χ4n) is 3.31. The van der Waals surface area contributed by atoms with E-state index in [1.807, 2.05) is 60.5 Å². The van der Waals surface area contributed by atoms with E-state index < -0.39 is 0 Å². The normalized spacial score (nSPS) is 11.0. The molecule has 0 saturated carbocycles. The number of likely N-dealkylation sites (N-methyl/N-ethyl adjacent to an activating group) is 1. The molecule has 1 N–H and O–H groups in total. The Labute approximate surface area is 172 Å². The van der Waals surface area contributed by atoms with Gasteiger partial charge < -0.3 is 9.84 Å². The second-order valence-electron chi connectivity index (χ2n) is 7.41. The van der Waals surface area contributed by atoms with Gasteiger partial charge in [-0.05, 0) is 44.5 Å². The molecule has 0 spiro atoms. The van der Waals surface area contributed by atoms with Gasteiger partial charge in [0.1, 0.15) is 11.5 Å². The first-order valence-corrected chi connectivity index (χ1v) is 10.1. The Hall–Kier alpha value is -2.92. The maximum atomic E-state index is 12.1. The number of nitrogens with zero attached hydrogens (tertiary/aromatic N) is 2. The van der Waals surface area contributed by atoms with Crippen molar-refractivity contribution in [3.05, 3.63) is 77.6 Å². The van der Waals surface area contributed by atoms with E-state index in [1.165, 1.54) is 11.1 Å². The largest absolute Gasteiger partial charge is 0.361 e. The molecule has 5 heteroatoms. The third kappa shape index (κ3) is 6.57. The molecule has 3 rings (SSSR count). The van der Waals surface area contributed by atoms with Crippen molar-refractivity contribution in [2.75, 3.05) is 26.7 Å². The summed E-state index contributed by atoms with van der Waals surface area (Å²) in [5.41, 5.74) is 4.47. The number of aromatic nitrogens is 1. The summed E-state index contributed by atoms with van der Waals surface area (Å²) in [6.45, 7) is 3.99. The predicted molar refractivity (Wildman–Crippen MR) is 116 cm³/mol. The van der Waals surface area contributed by atoms with Gasteiger partial charge in [0, 0.05) is 24.6 Å². The van der Waals surface area contributed by atoms with Crippen LogP contribution in [0.5, 0.6) is 0 Å². The van der Waals surface area contributed by atoms with Crippen LogP contribution in [-0.2, 0) is 17.6 Å². The summed E-state index contributed by atoms with van der Waals surface area (Å²) in [6.07, 6.45) is 2.58. The Kier molecular flexibility index (Phi) is 7.59. The van der Waals surface area contributed by atoms with Crippen LogP contribution >= 0.6 is 0 Å². The van der Waals surface area contributed by atoms with Crippen LogP contribution in [0.4, 0.5) is 0 Å². The predicted octanol–water partition coefficient (Wildman–Crippen LogP) is 3.87. The Morgan fingerprint density at radius 1 is 1.07 bits per heavy atom.